The van der Waals surface area contributed by atoms with Gasteiger partial charge in [-0.05, 0) is 20.8 Å². The van der Waals surface area contributed by atoms with E-state index in [1.165, 1.54) is 0 Å². The molecule has 1 amide bonds. The van der Waals surface area contributed by atoms with Crippen molar-refractivity contribution in [1.82, 2.24) is 15.3 Å². The Bertz CT molecular complexity index is 419. The molecule has 0 fully saturated rings. The normalized spacial score (nSPS) is 10.0. The molecule has 0 saturated carbocycles. The molecule has 1 aromatic rings. The molecule has 0 saturated heterocycles. The van der Waals surface area contributed by atoms with Crippen LogP contribution in [0, 0.1) is 13.8 Å². The topological polar surface area (TPSA) is 78.9 Å². The fourth-order valence-corrected chi connectivity index (χ4v) is 1.56. The van der Waals surface area contributed by atoms with E-state index in [1.54, 1.807) is 7.05 Å². The van der Waals surface area contributed by atoms with E-state index < -0.39 is 0 Å². The van der Waals surface area contributed by atoms with E-state index in [1.807, 2.05) is 20.8 Å². The Morgan fingerprint density at radius 3 is 2.33 bits per heavy atom. The van der Waals surface area contributed by atoms with Gasteiger partial charge in [-0.15, -0.1) is 0 Å². The summed E-state index contributed by atoms with van der Waals surface area (Å²) in [6.07, 6.45) is 0.426. The summed E-state index contributed by atoms with van der Waals surface area (Å²) in [4.78, 5) is 19.8. The first kappa shape index (κ1) is 14.2. The Kier molecular flexibility index (Phi) is 5.35. The maximum atomic E-state index is 11.1. The smallest absolute Gasteiger partial charge is 0.221 e. The molecule has 1 rings (SSSR count). The highest BCUT2D eigenvalue weighted by Crippen LogP contribution is 2.19. The number of hydrogen-bond donors (Lipinski definition) is 3. The Balaban J connectivity index is 2.72. The highest BCUT2D eigenvalue weighted by Gasteiger charge is 2.08. The van der Waals surface area contributed by atoms with Crippen molar-refractivity contribution in [3.8, 4) is 0 Å². The lowest BCUT2D eigenvalue weighted by atomic mass is 10.3. The molecular formula is C12H21N5O. The summed E-state index contributed by atoms with van der Waals surface area (Å²) in [5, 5.41) is 8.95. The lowest BCUT2D eigenvalue weighted by Crippen LogP contribution is -2.21. The van der Waals surface area contributed by atoms with Crippen LogP contribution in [0.25, 0.3) is 0 Å². The summed E-state index contributed by atoms with van der Waals surface area (Å²) < 4.78 is 0. The second-order valence-corrected chi connectivity index (χ2v) is 3.97. The van der Waals surface area contributed by atoms with Crippen LogP contribution in [0.2, 0.25) is 0 Å². The Labute approximate surface area is 108 Å². The lowest BCUT2D eigenvalue weighted by Gasteiger charge is -2.13. The highest BCUT2D eigenvalue weighted by atomic mass is 16.1. The molecule has 1 aromatic heterocycles. The van der Waals surface area contributed by atoms with Crippen LogP contribution in [-0.4, -0.2) is 36.0 Å². The van der Waals surface area contributed by atoms with Crippen molar-refractivity contribution in [3.63, 3.8) is 0 Å². The minimum absolute atomic E-state index is 0.0119. The van der Waals surface area contributed by atoms with Crippen LogP contribution >= 0.6 is 0 Å². The van der Waals surface area contributed by atoms with Gasteiger partial charge in [0.15, 0.2) is 0 Å². The van der Waals surface area contributed by atoms with Crippen LogP contribution < -0.4 is 16.0 Å². The third kappa shape index (κ3) is 3.87. The number of aryl methyl sites for hydroxylation is 1. The van der Waals surface area contributed by atoms with E-state index in [4.69, 9.17) is 0 Å². The molecule has 0 aliphatic heterocycles. The van der Waals surface area contributed by atoms with Crippen molar-refractivity contribution in [2.24, 2.45) is 0 Å². The molecule has 0 bridgehead atoms. The number of rotatable bonds is 6. The van der Waals surface area contributed by atoms with Crippen LogP contribution in [0.5, 0.6) is 0 Å². The van der Waals surface area contributed by atoms with Crippen molar-refractivity contribution in [3.05, 3.63) is 11.4 Å². The molecule has 0 spiro atoms. The molecule has 100 valence electrons. The largest absolute Gasteiger partial charge is 0.370 e. The van der Waals surface area contributed by atoms with Gasteiger partial charge in [0.25, 0.3) is 0 Å². The van der Waals surface area contributed by atoms with Gasteiger partial charge in [-0.3, -0.25) is 4.79 Å². The van der Waals surface area contributed by atoms with Crippen molar-refractivity contribution < 1.29 is 4.79 Å². The van der Waals surface area contributed by atoms with E-state index in [0.29, 0.717) is 18.8 Å². The van der Waals surface area contributed by atoms with Gasteiger partial charge in [0.2, 0.25) is 5.91 Å². The lowest BCUT2D eigenvalue weighted by molar-refractivity contribution is -0.120. The maximum absolute atomic E-state index is 11.1. The van der Waals surface area contributed by atoms with Crippen molar-refractivity contribution in [2.45, 2.75) is 27.2 Å². The zero-order chi connectivity index (χ0) is 13.5. The zero-order valence-electron chi connectivity index (χ0n) is 11.4. The summed E-state index contributed by atoms with van der Waals surface area (Å²) >= 11 is 0. The van der Waals surface area contributed by atoms with Crippen LogP contribution in [-0.2, 0) is 4.79 Å². The monoisotopic (exact) mass is 251 g/mol. The summed E-state index contributed by atoms with van der Waals surface area (Å²) in [6, 6.07) is 0. The van der Waals surface area contributed by atoms with E-state index in [-0.39, 0.29) is 5.91 Å². The molecule has 6 heteroatoms. The first-order valence-electron chi connectivity index (χ1n) is 6.12. The third-order valence-electron chi connectivity index (χ3n) is 2.53. The van der Waals surface area contributed by atoms with E-state index in [9.17, 15) is 4.79 Å². The first-order chi connectivity index (χ1) is 8.58. The number of carbonyl (C=O) groups excluding carboxylic acids is 1. The molecule has 6 nitrogen and oxygen atoms in total. The molecule has 18 heavy (non-hydrogen) atoms. The fourth-order valence-electron chi connectivity index (χ4n) is 1.56. The summed E-state index contributed by atoms with van der Waals surface area (Å²) in [6.45, 7) is 7.21. The standard InChI is InChI=1S/C12H21N5O/c1-5-14-11-8(2)12(17-9(3)16-11)15-7-6-10(18)13-4/h5-7H2,1-4H3,(H,13,18)(H2,14,15,16,17). The van der Waals surface area contributed by atoms with Gasteiger partial charge < -0.3 is 16.0 Å². The SMILES string of the molecule is CCNc1nc(C)nc(NCCC(=O)NC)c1C. The predicted octanol–water partition coefficient (Wildman–Crippen LogP) is 1.07. The Hall–Kier alpha value is -1.85. The zero-order valence-corrected chi connectivity index (χ0v) is 11.4. The summed E-state index contributed by atoms with van der Waals surface area (Å²) in [5.41, 5.74) is 0.972. The molecule has 0 unspecified atom stereocenters. The van der Waals surface area contributed by atoms with Gasteiger partial charge in [-0.25, -0.2) is 9.97 Å². The first-order valence-corrected chi connectivity index (χ1v) is 6.12. The van der Waals surface area contributed by atoms with Gasteiger partial charge in [0, 0.05) is 32.1 Å². The molecule has 0 aliphatic carbocycles. The van der Waals surface area contributed by atoms with Crippen LogP contribution in [0.4, 0.5) is 11.6 Å². The van der Waals surface area contributed by atoms with Gasteiger partial charge in [0.05, 0.1) is 0 Å². The number of nitrogens with one attached hydrogen (secondary N) is 3. The molecular weight excluding hydrogens is 230 g/mol. The van der Waals surface area contributed by atoms with E-state index in [0.717, 1.165) is 23.7 Å². The molecule has 0 aliphatic rings. The molecule has 0 radical (unpaired) electrons. The van der Waals surface area contributed by atoms with Crippen LogP contribution in [0.1, 0.15) is 24.7 Å². The van der Waals surface area contributed by atoms with E-state index >= 15 is 0 Å². The summed E-state index contributed by atoms with van der Waals surface area (Å²) in [5.74, 6) is 2.34. The average Bonchev–Trinajstić information content (AvgIpc) is 2.34. The van der Waals surface area contributed by atoms with Crippen molar-refractivity contribution in [1.29, 1.82) is 0 Å². The second kappa shape index (κ2) is 6.78. The second-order valence-electron chi connectivity index (χ2n) is 3.97. The number of nitrogens with zero attached hydrogens (tertiary/aromatic N) is 2. The predicted molar refractivity (Wildman–Crippen MR) is 72.8 cm³/mol. The van der Waals surface area contributed by atoms with Gasteiger partial charge in [-0.2, -0.15) is 0 Å². The van der Waals surface area contributed by atoms with Crippen LogP contribution in [0.15, 0.2) is 0 Å². The number of hydrogen-bond acceptors (Lipinski definition) is 5. The molecule has 3 N–H and O–H groups in total. The van der Waals surface area contributed by atoms with Gasteiger partial charge >= 0.3 is 0 Å². The maximum Gasteiger partial charge on any atom is 0.221 e. The number of anilines is 2. The molecule has 0 aromatic carbocycles. The van der Waals surface area contributed by atoms with Gasteiger partial charge in [0.1, 0.15) is 17.5 Å². The minimum atomic E-state index is 0.0119. The van der Waals surface area contributed by atoms with Gasteiger partial charge in [-0.1, -0.05) is 0 Å². The number of aromatic nitrogens is 2. The number of carbonyl (C=O) groups is 1. The quantitative estimate of drug-likeness (QED) is 0.705. The minimum Gasteiger partial charge on any atom is -0.370 e. The highest BCUT2D eigenvalue weighted by molar-refractivity contribution is 5.76. The summed E-state index contributed by atoms with van der Waals surface area (Å²) in [7, 11) is 1.63. The van der Waals surface area contributed by atoms with E-state index in [2.05, 4.69) is 25.9 Å². The Morgan fingerprint density at radius 2 is 1.78 bits per heavy atom. The fraction of sp³-hybridized carbons (Fsp3) is 0.583. The van der Waals surface area contributed by atoms with Crippen molar-refractivity contribution in [2.75, 3.05) is 30.8 Å². The third-order valence-corrected chi connectivity index (χ3v) is 2.53. The average molecular weight is 251 g/mol. The number of amides is 1. The Morgan fingerprint density at radius 1 is 1.17 bits per heavy atom. The van der Waals surface area contributed by atoms with Crippen LogP contribution in [0.3, 0.4) is 0 Å². The van der Waals surface area contributed by atoms with Crippen molar-refractivity contribution >= 4 is 17.5 Å². The molecule has 1 heterocycles. The molecule has 0 atom stereocenters.